The molecule has 0 unspecified atom stereocenters. The second-order valence-corrected chi connectivity index (χ2v) is 13.2. The van der Waals surface area contributed by atoms with Crippen molar-refractivity contribution in [3.8, 4) is 0 Å². The van der Waals surface area contributed by atoms with E-state index in [0.29, 0.717) is 15.6 Å². The van der Waals surface area contributed by atoms with Gasteiger partial charge in [0, 0.05) is 34.6 Å². The highest BCUT2D eigenvalue weighted by molar-refractivity contribution is 7.92. The van der Waals surface area contributed by atoms with Crippen LogP contribution in [-0.2, 0) is 32.6 Å². The van der Waals surface area contributed by atoms with Crippen LogP contribution in [0.2, 0.25) is 10.0 Å². The summed E-state index contributed by atoms with van der Waals surface area (Å²) in [4.78, 5) is 29.5. The van der Waals surface area contributed by atoms with Crippen LogP contribution >= 0.6 is 23.2 Å². The van der Waals surface area contributed by atoms with Crippen molar-refractivity contribution in [2.24, 2.45) is 0 Å². The number of amides is 2. The number of nitrogens with one attached hydrogen (secondary N) is 1. The summed E-state index contributed by atoms with van der Waals surface area (Å²) in [5.74, 6) is -1.52. The minimum atomic E-state index is -3.97. The first-order valence-corrected chi connectivity index (χ1v) is 16.4. The highest BCUT2D eigenvalue weighted by atomic mass is 35.5. The van der Waals surface area contributed by atoms with Crippen LogP contribution in [0.15, 0.2) is 72.8 Å². The van der Waals surface area contributed by atoms with Gasteiger partial charge in [-0.1, -0.05) is 78.9 Å². The molecule has 0 saturated heterocycles. The van der Waals surface area contributed by atoms with Crippen molar-refractivity contribution < 1.29 is 22.4 Å². The first-order valence-electron chi connectivity index (χ1n) is 13.8. The molecule has 2 amide bonds. The molecule has 224 valence electrons. The lowest BCUT2D eigenvalue weighted by Crippen LogP contribution is -2.55. The minimum absolute atomic E-state index is 0.0166. The number of hydrogen-bond donors (Lipinski definition) is 1. The second kappa shape index (κ2) is 14.4. The Morgan fingerprint density at radius 3 is 2.14 bits per heavy atom. The van der Waals surface area contributed by atoms with E-state index in [0.717, 1.165) is 60.4 Å². The summed E-state index contributed by atoms with van der Waals surface area (Å²) >= 11 is 13.0. The van der Waals surface area contributed by atoms with Crippen LogP contribution in [0.4, 0.5) is 10.1 Å². The Kier molecular flexibility index (Phi) is 10.9. The van der Waals surface area contributed by atoms with Crippen molar-refractivity contribution in [2.75, 3.05) is 17.1 Å². The van der Waals surface area contributed by atoms with Crippen molar-refractivity contribution in [3.05, 3.63) is 99.8 Å². The molecule has 1 fully saturated rings. The van der Waals surface area contributed by atoms with Gasteiger partial charge in [-0.05, 0) is 54.8 Å². The van der Waals surface area contributed by atoms with Gasteiger partial charge in [0.1, 0.15) is 18.4 Å². The summed E-state index contributed by atoms with van der Waals surface area (Å²) in [5, 5.41) is 3.76. The Labute approximate surface area is 256 Å². The molecular formula is C31H34Cl2FN3O4S. The first kappa shape index (κ1) is 31.8. The van der Waals surface area contributed by atoms with E-state index in [1.165, 1.54) is 17.0 Å². The number of benzene rings is 3. The van der Waals surface area contributed by atoms with Crippen molar-refractivity contribution in [1.29, 1.82) is 0 Å². The summed E-state index contributed by atoms with van der Waals surface area (Å²) in [6, 6.07) is 18.1. The zero-order valence-corrected chi connectivity index (χ0v) is 25.6. The zero-order valence-electron chi connectivity index (χ0n) is 23.3. The van der Waals surface area contributed by atoms with E-state index in [1.54, 1.807) is 18.2 Å². The Hall–Kier alpha value is -3.14. The number of carbonyl (C=O) groups excluding carboxylic acids is 2. The van der Waals surface area contributed by atoms with Gasteiger partial charge in [0.2, 0.25) is 21.8 Å². The van der Waals surface area contributed by atoms with E-state index >= 15 is 0 Å². The van der Waals surface area contributed by atoms with Crippen molar-refractivity contribution in [3.63, 3.8) is 0 Å². The maximum Gasteiger partial charge on any atom is 0.244 e. The largest absolute Gasteiger partial charge is 0.352 e. The molecule has 7 nitrogen and oxygen atoms in total. The molecule has 1 saturated carbocycles. The molecule has 1 N–H and O–H groups in total. The van der Waals surface area contributed by atoms with Gasteiger partial charge in [-0.15, -0.1) is 0 Å². The highest BCUT2D eigenvalue weighted by Gasteiger charge is 2.34. The molecule has 3 aromatic carbocycles. The third kappa shape index (κ3) is 8.46. The molecule has 0 radical (unpaired) electrons. The topological polar surface area (TPSA) is 86.8 Å². The van der Waals surface area contributed by atoms with Crippen LogP contribution in [-0.4, -0.2) is 50.0 Å². The lowest BCUT2D eigenvalue weighted by molar-refractivity contribution is -0.140. The SMILES string of the molecule is CS(=O)(=O)N(CC(=O)N(Cc1c(Cl)cccc1Cl)[C@H](Cc1ccccc1)C(=O)NC1CCCCC1)c1ccc(F)cc1. The Morgan fingerprint density at radius 1 is 0.929 bits per heavy atom. The van der Waals surface area contributed by atoms with E-state index in [2.05, 4.69) is 5.32 Å². The molecule has 3 aromatic rings. The van der Waals surface area contributed by atoms with Gasteiger partial charge < -0.3 is 10.2 Å². The summed E-state index contributed by atoms with van der Waals surface area (Å²) in [6.45, 7) is -0.748. The lowest BCUT2D eigenvalue weighted by Gasteiger charge is -2.35. The van der Waals surface area contributed by atoms with Crippen LogP contribution in [0.3, 0.4) is 0 Å². The van der Waals surface area contributed by atoms with E-state index < -0.39 is 34.3 Å². The molecule has 0 spiro atoms. The molecule has 1 atom stereocenters. The fourth-order valence-corrected chi connectivity index (χ4v) is 6.54. The predicted molar refractivity (Wildman–Crippen MR) is 165 cm³/mol. The highest BCUT2D eigenvalue weighted by Crippen LogP contribution is 2.28. The Balaban J connectivity index is 1.75. The van der Waals surface area contributed by atoms with Crippen LogP contribution < -0.4 is 9.62 Å². The quantitative estimate of drug-likeness (QED) is 0.281. The number of nitrogens with zero attached hydrogens (tertiary/aromatic N) is 2. The fraction of sp³-hybridized carbons (Fsp3) is 0.355. The smallest absolute Gasteiger partial charge is 0.244 e. The molecule has 0 aromatic heterocycles. The number of sulfonamides is 1. The van der Waals surface area contributed by atoms with Crippen LogP contribution in [0.25, 0.3) is 0 Å². The van der Waals surface area contributed by atoms with Crippen molar-refractivity contribution >= 4 is 50.7 Å². The van der Waals surface area contributed by atoms with Gasteiger partial charge in [-0.2, -0.15) is 0 Å². The third-order valence-corrected chi connectivity index (χ3v) is 9.26. The molecule has 0 aliphatic heterocycles. The molecule has 1 aliphatic rings. The molecule has 0 bridgehead atoms. The molecule has 42 heavy (non-hydrogen) atoms. The molecule has 4 rings (SSSR count). The minimum Gasteiger partial charge on any atom is -0.352 e. The zero-order chi connectivity index (χ0) is 30.3. The molecule has 11 heteroatoms. The van der Waals surface area contributed by atoms with Crippen LogP contribution in [0.5, 0.6) is 0 Å². The van der Waals surface area contributed by atoms with E-state index in [9.17, 15) is 22.4 Å². The number of hydrogen-bond acceptors (Lipinski definition) is 4. The number of anilines is 1. The third-order valence-electron chi connectivity index (χ3n) is 7.41. The van der Waals surface area contributed by atoms with Crippen molar-refractivity contribution in [2.45, 2.75) is 57.2 Å². The lowest BCUT2D eigenvalue weighted by atomic mass is 9.94. The molecule has 0 heterocycles. The fourth-order valence-electron chi connectivity index (χ4n) is 5.17. The normalized spacial score (nSPS) is 14.7. The first-order chi connectivity index (χ1) is 20.0. The number of carbonyl (C=O) groups is 2. The van der Waals surface area contributed by atoms with Crippen LogP contribution in [0.1, 0.15) is 43.2 Å². The van der Waals surface area contributed by atoms with Gasteiger partial charge in [-0.3, -0.25) is 13.9 Å². The van der Waals surface area contributed by atoms with E-state index in [-0.39, 0.29) is 30.6 Å². The Morgan fingerprint density at radius 2 is 1.55 bits per heavy atom. The van der Waals surface area contributed by atoms with Gasteiger partial charge in [-0.25, -0.2) is 12.8 Å². The standard InChI is InChI=1S/C31H34Cl2FN3O4S/c1-42(40,41)37(25-17-15-23(34)16-18-25)21-30(38)36(20-26-27(32)13-8-14-28(26)33)29(19-22-9-4-2-5-10-22)31(39)35-24-11-6-3-7-12-24/h2,4-5,8-10,13-18,24,29H,3,6-7,11-12,19-21H2,1H3,(H,35,39)/t29-/m1/s1. The van der Waals surface area contributed by atoms with Gasteiger partial charge in [0.25, 0.3) is 0 Å². The van der Waals surface area contributed by atoms with Gasteiger partial charge >= 0.3 is 0 Å². The van der Waals surface area contributed by atoms with E-state index in [4.69, 9.17) is 23.2 Å². The maximum absolute atomic E-state index is 14.2. The molecular weight excluding hydrogens is 600 g/mol. The molecule has 1 aliphatic carbocycles. The van der Waals surface area contributed by atoms with Gasteiger partial charge in [0.05, 0.1) is 11.9 Å². The summed E-state index contributed by atoms with van der Waals surface area (Å²) in [7, 11) is -3.97. The van der Waals surface area contributed by atoms with Crippen molar-refractivity contribution in [1.82, 2.24) is 10.2 Å². The summed E-state index contributed by atoms with van der Waals surface area (Å²) in [6.07, 6.45) is 5.97. The van der Waals surface area contributed by atoms with E-state index in [1.807, 2.05) is 30.3 Å². The van der Waals surface area contributed by atoms with Crippen LogP contribution in [0, 0.1) is 5.82 Å². The average molecular weight is 635 g/mol. The number of rotatable bonds is 11. The second-order valence-electron chi connectivity index (χ2n) is 10.5. The monoisotopic (exact) mass is 633 g/mol. The Bertz CT molecular complexity index is 1460. The summed E-state index contributed by atoms with van der Waals surface area (Å²) in [5.41, 5.74) is 1.38. The number of halogens is 3. The summed E-state index contributed by atoms with van der Waals surface area (Å²) < 4.78 is 40.2. The average Bonchev–Trinajstić information content (AvgIpc) is 2.96. The predicted octanol–water partition coefficient (Wildman–Crippen LogP) is 5.99. The maximum atomic E-state index is 14.2. The van der Waals surface area contributed by atoms with Gasteiger partial charge in [0.15, 0.2) is 0 Å².